The molecule has 1 fully saturated rings. The van der Waals surface area contributed by atoms with Crippen LogP contribution in [0.3, 0.4) is 0 Å². The Morgan fingerprint density at radius 2 is 2.25 bits per heavy atom. The molecule has 12 heavy (non-hydrogen) atoms. The van der Waals surface area contributed by atoms with E-state index in [4.69, 9.17) is 4.74 Å². The van der Waals surface area contributed by atoms with E-state index in [-0.39, 0.29) is 11.8 Å². The zero-order chi connectivity index (χ0) is 9.14. The molecule has 3 heteroatoms. The molecule has 2 atom stereocenters. The molecule has 1 saturated carbocycles. The van der Waals surface area contributed by atoms with Gasteiger partial charge in [0.25, 0.3) is 0 Å². The topological polar surface area (TPSA) is 43.4 Å². The molecule has 0 spiro atoms. The number of ether oxygens (including phenoxy) is 1. The number of hydrogen-bond acceptors (Lipinski definition) is 3. The normalized spacial score (nSPS) is 30.0. The van der Waals surface area contributed by atoms with Gasteiger partial charge in [0.15, 0.2) is 11.9 Å². The number of hydrogen-bond donors (Lipinski definition) is 0. The molecular formula is C9H14O3. The number of ketones is 1. The van der Waals surface area contributed by atoms with Crippen molar-refractivity contribution in [3.8, 4) is 0 Å². The van der Waals surface area contributed by atoms with Crippen molar-refractivity contribution in [3.05, 3.63) is 0 Å². The summed E-state index contributed by atoms with van der Waals surface area (Å²) in [7, 11) is 0. The first-order valence-electron chi connectivity index (χ1n) is 4.29. The van der Waals surface area contributed by atoms with Gasteiger partial charge in [-0.3, -0.25) is 9.59 Å². The van der Waals surface area contributed by atoms with E-state index in [2.05, 4.69) is 6.92 Å². The first-order valence-corrected chi connectivity index (χ1v) is 4.29. The Labute approximate surface area is 72.1 Å². The predicted molar refractivity (Wildman–Crippen MR) is 43.6 cm³/mol. The molecule has 1 aliphatic rings. The second kappa shape index (κ2) is 3.70. The monoisotopic (exact) mass is 170 g/mol. The van der Waals surface area contributed by atoms with Crippen molar-refractivity contribution in [2.75, 3.05) is 0 Å². The Balaban J connectivity index is 2.49. The summed E-state index contributed by atoms with van der Waals surface area (Å²) in [5.41, 5.74) is 0. The van der Waals surface area contributed by atoms with Crippen LogP contribution < -0.4 is 0 Å². The standard InChI is InChI=1S/C9H14O3/c1-6-3-4-8(11)9(5-6)12-7(2)10/h6,9H,3-5H2,1-2H3/t6-,9+/m0/s1. The van der Waals surface area contributed by atoms with Crippen LogP contribution in [0.1, 0.15) is 33.1 Å². The van der Waals surface area contributed by atoms with Gasteiger partial charge in [-0.2, -0.15) is 0 Å². The van der Waals surface area contributed by atoms with E-state index in [0.29, 0.717) is 18.8 Å². The largest absolute Gasteiger partial charge is 0.455 e. The third kappa shape index (κ3) is 2.32. The van der Waals surface area contributed by atoms with Gasteiger partial charge in [0, 0.05) is 13.3 Å². The maximum atomic E-state index is 11.2. The minimum Gasteiger partial charge on any atom is -0.455 e. The average molecular weight is 170 g/mol. The van der Waals surface area contributed by atoms with Crippen LogP contribution in [0, 0.1) is 5.92 Å². The first kappa shape index (κ1) is 9.23. The highest BCUT2D eigenvalue weighted by Crippen LogP contribution is 2.23. The van der Waals surface area contributed by atoms with Crippen LogP contribution in [0.4, 0.5) is 0 Å². The number of carbonyl (C=O) groups excluding carboxylic acids is 2. The summed E-state index contributed by atoms with van der Waals surface area (Å²) in [5, 5.41) is 0. The van der Waals surface area contributed by atoms with E-state index >= 15 is 0 Å². The smallest absolute Gasteiger partial charge is 0.303 e. The summed E-state index contributed by atoms with van der Waals surface area (Å²) in [6, 6.07) is 0. The van der Waals surface area contributed by atoms with Gasteiger partial charge in [0.05, 0.1) is 0 Å². The van der Waals surface area contributed by atoms with Crippen LogP contribution in [-0.4, -0.2) is 17.9 Å². The molecule has 0 aromatic rings. The lowest BCUT2D eigenvalue weighted by Crippen LogP contribution is -2.32. The fraction of sp³-hybridized carbons (Fsp3) is 0.778. The number of Topliss-reactive ketones (excluding diaryl/α,β-unsaturated/α-hetero) is 1. The van der Waals surface area contributed by atoms with E-state index in [0.717, 1.165) is 6.42 Å². The van der Waals surface area contributed by atoms with Gasteiger partial charge in [-0.25, -0.2) is 0 Å². The van der Waals surface area contributed by atoms with E-state index in [1.54, 1.807) is 0 Å². The van der Waals surface area contributed by atoms with Crippen LogP contribution in [0.5, 0.6) is 0 Å². The minimum absolute atomic E-state index is 0.0725. The third-order valence-corrected chi connectivity index (χ3v) is 2.17. The maximum Gasteiger partial charge on any atom is 0.303 e. The third-order valence-electron chi connectivity index (χ3n) is 2.17. The molecule has 0 aromatic carbocycles. The fourth-order valence-corrected chi connectivity index (χ4v) is 1.48. The zero-order valence-electron chi connectivity index (χ0n) is 7.50. The van der Waals surface area contributed by atoms with Crippen molar-refractivity contribution in [2.24, 2.45) is 5.92 Å². The van der Waals surface area contributed by atoms with Gasteiger partial charge < -0.3 is 4.74 Å². The maximum absolute atomic E-state index is 11.2. The van der Waals surface area contributed by atoms with Crippen molar-refractivity contribution in [3.63, 3.8) is 0 Å². The zero-order valence-corrected chi connectivity index (χ0v) is 7.50. The van der Waals surface area contributed by atoms with Crippen LogP contribution in [0.15, 0.2) is 0 Å². The molecule has 0 bridgehead atoms. The fourth-order valence-electron chi connectivity index (χ4n) is 1.48. The highest BCUT2D eigenvalue weighted by atomic mass is 16.5. The van der Waals surface area contributed by atoms with E-state index < -0.39 is 6.10 Å². The Kier molecular flexibility index (Phi) is 2.84. The number of esters is 1. The summed E-state index contributed by atoms with van der Waals surface area (Å²) < 4.78 is 4.89. The van der Waals surface area contributed by atoms with Crippen LogP contribution in [0.25, 0.3) is 0 Å². The SMILES string of the molecule is CC(=O)O[C@@H]1C[C@@H](C)CCC1=O. The van der Waals surface area contributed by atoms with Gasteiger partial charge >= 0.3 is 5.97 Å². The van der Waals surface area contributed by atoms with Crippen molar-refractivity contribution < 1.29 is 14.3 Å². The first-order chi connectivity index (χ1) is 5.59. The van der Waals surface area contributed by atoms with E-state index in [1.165, 1.54) is 6.92 Å². The minimum atomic E-state index is -0.466. The van der Waals surface area contributed by atoms with Gasteiger partial charge in [0.2, 0.25) is 0 Å². The second-order valence-corrected chi connectivity index (χ2v) is 3.44. The van der Waals surface area contributed by atoms with Crippen LogP contribution in [0.2, 0.25) is 0 Å². The van der Waals surface area contributed by atoms with Gasteiger partial charge in [-0.05, 0) is 18.8 Å². The predicted octanol–water partition coefficient (Wildman–Crippen LogP) is 1.31. The molecule has 3 nitrogen and oxygen atoms in total. The van der Waals surface area contributed by atoms with Crippen molar-refractivity contribution in [2.45, 2.75) is 39.2 Å². The summed E-state index contributed by atoms with van der Waals surface area (Å²) in [5.74, 6) is 0.206. The molecular weight excluding hydrogens is 156 g/mol. The molecule has 0 radical (unpaired) electrons. The van der Waals surface area contributed by atoms with Gasteiger partial charge in [0.1, 0.15) is 0 Å². The van der Waals surface area contributed by atoms with Gasteiger partial charge in [-0.1, -0.05) is 6.92 Å². The number of carbonyl (C=O) groups is 2. The molecule has 0 amide bonds. The summed E-state index contributed by atoms with van der Waals surface area (Å²) in [6.07, 6.45) is 1.71. The Hall–Kier alpha value is -0.860. The molecule has 68 valence electrons. The molecule has 0 unspecified atom stereocenters. The van der Waals surface area contributed by atoms with Crippen molar-refractivity contribution >= 4 is 11.8 Å². The molecule has 0 aliphatic heterocycles. The molecule has 0 heterocycles. The average Bonchev–Trinajstić information content (AvgIpc) is 1.96. The van der Waals surface area contributed by atoms with Gasteiger partial charge in [-0.15, -0.1) is 0 Å². The molecule has 0 saturated heterocycles. The lowest BCUT2D eigenvalue weighted by atomic mass is 9.88. The lowest BCUT2D eigenvalue weighted by Gasteiger charge is -2.24. The quantitative estimate of drug-likeness (QED) is 0.557. The molecule has 1 rings (SSSR count). The summed E-state index contributed by atoms with van der Waals surface area (Å²) >= 11 is 0. The molecule has 0 N–H and O–H groups in total. The molecule has 0 aromatic heterocycles. The Bertz CT molecular complexity index is 198. The van der Waals surface area contributed by atoms with Crippen LogP contribution >= 0.6 is 0 Å². The summed E-state index contributed by atoms with van der Waals surface area (Å²) in [6.45, 7) is 3.41. The second-order valence-electron chi connectivity index (χ2n) is 3.44. The highest BCUT2D eigenvalue weighted by Gasteiger charge is 2.28. The summed E-state index contributed by atoms with van der Waals surface area (Å²) in [4.78, 5) is 21.8. The number of rotatable bonds is 1. The molecule has 1 aliphatic carbocycles. The van der Waals surface area contributed by atoms with Crippen LogP contribution in [-0.2, 0) is 14.3 Å². The van der Waals surface area contributed by atoms with E-state index in [1.807, 2.05) is 0 Å². The van der Waals surface area contributed by atoms with E-state index in [9.17, 15) is 9.59 Å². The van der Waals surface area contributed by atoms with Crippen molar-refractivity contribution in [1.82, 2.24) is 0 Å². The Morgan fingerprint density at radius 1 is 1.58 bits per heavy atom. The van der Waals surface area contributed by atoms with Crippen molar-refractivity contribution in [1.29, 1.82) is 0 Å². The Morgan fingerprint density at radius 3 is 2.83 bits per heavy atom. The highest BCUT2D eigenvalue weighted by molar-refractivity contribution is 5.85. The lowest BCUT2D eigenvalue weighted by molar-refractivity contribution is -0.155.